The van der Waals surface area contributed by atoms with Crippen LogP contribution in [0.2, 0.25) is 0 Å². The predicted molar refractivity (Wildman–Crippen MR) is 92.6 cm³/mol. The quantitative estimate of drug-likeness (QED) is 0.804. The van der Waals surface area contributed by atoms with Crippen LogP contribution in [0.25, 0.3) is 0 Å². The molecule has 0 spiro atoms. The monoisotopic (exact) mass is 331 g/mol. The van der Waals surface area contributed by atoms with Crippen molar-refractivity contribution in [1.29, 1.82) is 0 Å². The van der Waals surface area contributed by atoms with Crippen LogP contribution in [0.4, 0.5) is 0 Å². The van der Waals surface area contributed by atoms with Gasteiger partial charge in [-0.05, 0) is 32.1 Å². The lowest BCUT2D eigenvalue weighted by Gasteiger charge is -2.36. The fourth-order valence-corrected chi connectivity index (χ4v) is 3.98. The molecule has 2 aliphatic rings. The summed E-state index contributed by atoms with van der Waals surface area (Å²) in [7, 11) is 0. The molecule has 1 amide bonds. The molecule has 2 heterocycles. The molecule has 5 heteroatoms. The number of morpholine rings is 1. The molecule has 1 atom stereocenters. The average molecular weight is 331 g/mol. The molecule has 1 aliphatic carbocycles. The van der Waals surface area contributed by atoms with E-state index in [0.29, 0.717) is 25.5 Å². The molecule has 1 aromatic heterocycles. The Bertz CT molecular complexity index is 543. The van der Waals surface area contributed by atoms with Gasteiger partial charge in [-0.25, -0.2) is 0 Å². The van der Waals surface area contributed by atoms with Crippen LogP contribution >= 0.6 is 0 Å². The topological polar surface area (TPSA) is 55.3 Å². The van der Waals surface area contributed by atoms with Gasteiger partial charge < -0.3 is 9.64 Å². The van der Waals surface area contributed by atoms with Crippen molar-refractivity contribution in [2.75, 3.05) is 19.8 Å². The van der Waals surface area contributed by atoms with Crippen LogP contribution in [0.1, 0.15) is 56.3 Å². The van der Waals surface area contributed by atoms with Gasteiger partial charge in [-0.15, -0.1) is 0 Å². The number of aryl methyl sites for hydroxylation is 2. The van der Waals surface area contributed by atoms with Crippen LogP contribution in [-0.2, 0) is 16.0 Å². The SMILES string of the molecule is Cc1nccnc1CC[C@H]1COCCN1C(=O)CCC1CCCC1. The minimum atomic E-state index is 0.177. The lowest BCUT2D eigenvalue weighted by atomic mass is 10.00. The van der Waals surface area contributed by atoms with Crippen molar-refractivity contribution >= 4 is 5.91 Å². The van der Waals surface area contributed by atoms with Crippen LogP contribution in [0, 0.1) is 12.8 Å². The van der Waals surface area contributed by atoms with Gasteiger partial charge in [-0.1, -0.05) is 25.7 Å². The number of carbonyl (C=O) groups is 1. The smallest absolute Gasteiger partial charge is 0.222 e. The van der Waals surface area contributed by atoms with Crippen molar-refractivity contribution in [1.82, 2.24) is 14.9 Å². The molecule has 24 heavy (non-hydrogen) atoms. The Kier molecular flexibility index (Phi) is 6.18. The van der Waals surface area contributed by atoms with Crippen molar-refractivity contribution in [3.05, 3.63) is 23.8 Å². The zero-order valence-corrected chi connectivity index (χ0v) is 14.7. The van der Waals surface area contributed by atoms with Gasteiger partial charge in [0.2, 0.25) is 5.91 Å². The lowest BCUT2D eigenvalue weighted by molar-refractivity contribution is -0.140. The summed E-state index contributed by atoms with van der Waals surface area (Å²) in [6, 6.07) is 0.177. The zero-order chi connectivity index (χ0) is 16.8. The van der Waals surface area contributed by atoms with E-state index in [0.717, 1.165) is 43.1 Å². The second-order valence-electron chi connectivity index (χ2n) is 7.13. The normalized spacial score (nSPS) is 22.0. The van der Waals surface area contributed by atoms with E-state index in [1.54, 1.807) is 12.4 Å². The highest BCUT2D eigenvalue weighted by molar-refractivity contribution is 5.76. The molecule has 1 aromatic rings. The zero-order valence-electron chi connectivity index (χ0n) is 14.7. The molecular formula is C19H29N3O2. The second-order valence-corrected chi connectivity index (χ2v) is 7.13. The molecule has 3 rings (SSSR count). The first-order chi connectivity index (χ1) is 11.7. The summed E-state index contributed by atoms with van der Waals surface area (Å²) in [5.74, 6) is 1.08. The van der Waals surface area contributed by atoms with Crippen LogP contribution < -0.4 is 0 Å². The third-order valence-corrected chi connectivity index (χ3v) is 5.49. The molecule has 0 N–H and O–H groups in total. The fourth-order valence-electron chi connectivity index (χ4n) is 3.98. The molecule has 0 aromatic carbocycles. The van der Waals surface area contributed by atoms with Gasteiger partial charge in [-0.3, -0.25) is 14.8 Å². The molecule has 132 valence electrons. The van der Waals surface area contributed by atoms with Gasteiger partial charge in [0.25, 0.3) is 0 Å². The molecule has 1 saturated carbocycles. The predicted octanol–water partition coefficient (Wildman–Crippen LogP) is 2.92. The Morgan fingerprint density at radius 2 is 2.04 bits per heavy atom. The minimum Gasteiger partial charge on any atom is -0.377 e. The third kappa shape index (κ3) is 4.53. The minimum absolute atomic E-state index is 0.177. The highest BCUT2D eigenvalue weighted by atomic mass is 16.5. The van der Waals surface area contributed by atoms with Crippen molar-refractivity contribution in [3.8, 4) is 0 Å². The summed E-state index contributed by atoms with van der Waals surface area (Å²) < 4.78 is 5.63. The number of aromatic nitrogens is 2. The summed E-state index contributed by atoms with van der Waals surface area (Å²) in [5.41, 5.74) is 2.01. The number of hydrogen-bond acceptors (Lipinski definition) is 4. The van der Waals surface area contributed by atoms with E-state index in [9.17, 15) is 4.79 Å². The number of hydrogen-bond donors (Lipinski definition) is 0. The van der Waals surface area contributed by atoms with Crippen molar-refractivity contribution in [3.63, 3.8) is 0 Å². The number of amides is 1. The Labute approximate surface area is 144 Å². The van der Waals surface area contributed by atoms with Crippen molar-refractivity contribution in [2.24, 2.45) is 5.92 Å². The van der Waals surface area contributed by atoms with Crippen LogP contribution in [0.5, 0.6) is 0 Å². The van der Waals surface area contributed by atoms with Gasteiger partial charge in [0.15, 0.2) is 0 Å². The van der Waals surface area contributed by atoms with E-state index in [1.165, 1.54) is 25.7 Å². The van der Waals surface area contributed by atoms with E-state index in [4.69, 9.17) is 4.74 Å². The first-order valence-corrected chi connectivity index (χ1v) is 9.37. The van der Waals surface area contributed by atoms with Gasteiger partial charge in [-0.2, -0.15) is 0 Å². The molecule has 0 unspecified atom stereocenters. The van der Waals surface area contributed by atoms with Gasteiger partial charge in [0.1, 0.15) is 0 Å². The number of rotatable bonds is 6. The summed E-state index contributed by atoms with van der Waals surface area (Å²) in [5, 5.41) is 0. The van der Waals surface area contributed by atoms with Crippen molar-refractivity contribution < 1.29 is 9.53 Å². The number of ether oxygens (including phenoxy) is 1. The fraction of sp³-hybridized carbons (Fsp3) is 0.737. The number of nitrogens with zero attached hydrogens (tertiary/aromatic N) is 3. The maximum absolute atomic E-state index is 12.7. The summed E-state index contributed by atoms with van der Waals surface area (Å²) in [6.07, 6.45) is 12.3. The van der Waals surface area contributed by atoms with E-state index in [2.05, 4.69) is 14.9 Å². The Morgan fingerprint density at radius 3 is 2.83 bits per heavy atom. The molecule has 2 fully saturated rings. The Hall–Kier alpha value is -1.49. The molecule has 1 saturated heterocycles. The molecule has 5 nitrogen and oxygen atoms in total. The van der Waals surface area contributed by atoms with E-state index in [1.807, 2.05) is 6.92 Å². The van der Waals surface area contributed by atoms with Gasteiger partial charge in [0.05, 0.1) is 30.6 Å². The summed E-state index contributed by atoms with van der Waals surface area (Å²) in [4.78, 5) is 23.5. The second kappa shape index (κ2) is 8.56. The molecule has 0 bridgehead atoms. The average Bonchev–Trinajstić information content (AvgIpc) is 3.13. The molecule has 0 radical (unpaired) electrons. The molecular weight excluding hydrogens is 302 g/mol. The number of carbonyl (C=O) groups excluding carboxylic acids is 1. The van der Waals surface area contributed by atoms with Crippen LogP contribution in [0.3, 0.4) is 0 Å². The van der Waals surface area contributed by atoms with E-state index >= 15 is 0 Å². The summed E-state index contributed by atoms with van der Waals surface area (Å²) >= 11 is 0. The standard InChI is InChI=1S/C19H29N3O2/c1-15-18(21-11-10-20-15)8-7-17-14-24-13-12-22(17)19(23)9-6-16-4-2-3-5-16/h10-11,16-17H,2-9,12-14H2,1H3/t17-/m0/s1. The van der Waals surface area contributed by atoms with E-state index < -0.39 is 0 Å². The highest BCUT2D eigenvalue weighted by Crippen LogP contribution is 2.29. The lowest BCUT2D eigenvalue weighted by Crippen LogP contribution is -2.49. The van der Waals surface area contributed by atoms with Gasteiger partial charge >= 0.3 is 0 Å². The van der Waals surface area contributed by atoms with Crippen LogP contribution in [0.15, 0.2) is 12.4 Å². The van der Waals surface area contributed by atoms with E-state index in [-0.39, 0.29) is 6.04 Å². The summed E-state index contributed by atoms with van der Waals surface area (Å²) in [6.45, 7) is 4.03. The molecule has 1 aliphatic heterocycles. The maximum atomic E-state index is 12.7. The first kappa shape index (κ1) is 17.3. The Balaban J connectivity index is 1.52. The van der Waals surface area contributed by atoms with Crippen LogP contribution in [-0.4, -0.2) is 46.6 Å². The highest BCUT2D eigenvalue weighted by Gasteiger charge is 2.28. The maximum Gasteiger partial charge on any atom is 0.222 e. The first-order valence-electron chi connectivity index (χ1n) is 9.37. The largest absolute Gasteiger partial charge is 0.377 e. The van der Waals surface area contributed by atoms with Gasteiger partial charge in [0, 0.05) is 25.4 Å². The Morgan fingerprint density at radius 1 is 1.25 bits per heavy atom. The third-order valence-electron chi connectivity index (χ3n) is 5.49. The van der Waals surface area contributed by atoms with Crippen molar-refractivity contribution in [2.45, 2.75) is 64.3 Å².